The summed E-state index contributed by atoms with van der Waals surface area (Å²) in [7, 11) is 0. The normalized spacial score (nSPS) is 16.2. The van der Waals surface area contributed by atoms with Gasteiger partial charge in [-0.2, -0.15) is 0 Å². The topological polar surface area (TPSA) is 33.5 Å². The number of halogens is 1. The molecule has 1 aliphatic rings. The Morgan fingerprint density at radius 1 is 1.44 bits per heavy atom. The van der Waals surface area contributed by atoms with Gasteiger partial charge in [-0.05, 0) is 32.8 Å². The van der Waals surface area contributed by atoms with Gasteiger partial charge < -0.3 is 9.32 Å². The van der Waals surface area contributed by atoms with E-state index in [1.54, 1.807) is 0 Å². The average molecular weight is 270 g/mol. The van der Waals surface area contributed by atoms with E-state index >= 15 is 0 Å². The van der Waals surface area contributed by atoms with Crippen LogP contribution in [0.2, 0.25) is 0 Å². The number of nitrogens with zero attached hydrogens (tertiary/aromatic N) is 1. The minimum Gasteiger partial charge on any atom is -0.466 e. The molecule has 0 aliphatic heterocycles. The van der Waals surface area contributed by atoms with Crippen LogP contribution in [0.1, 0.15) is 47.6 Å². The molecule has 3 nitrogen and oxygen atoms in total. The molecule has 1 aromatic heterocycles. The molecule has 0 bridgehead atoms. The van der Waals surface area contributed by atoms with Crippen molar-refractivity contribution in [2.45, 2.75) is 45.6 Å². The minimum absolute atomic E-state index is 0.0666. The van der Waals surface area contributed by atoms with Crippen molar-refractivity contribution in [3.05, 3.63) is 23.2 Å². The number of carbonyl (C=O) groups is 1. The van der Waals surface area contributed by atoms with Gasteiger partial charge in [0.15, 0.2) is 0 Å². The first-order valence-corrected chi connectivity index (χ1v) is 7.11. The maximum atomic E-state index is 12.6. The van der Waals surface area contributed by atoms with E-state index in [9.17, 15) is 4.79 Å². The predicted octanol–water partition coefficient (Wildman–Crippen LogP) is 3.52. The molecule has 0 atom stereocenters. The van der Waals surface area contributed by atoms with Gasteiger partial charge in [0.05, 0.1) is 5.56 Å². The summed E-state index contributed by atoms with van der Waals surface area (Å²) in [5.74, 6) is 2.04. The second-order valence-electron chi connectivity index (χ2n) is 4.95. The van der Waals surface area contributed by atoms with E-state index in [0.717, 1.165) is 18.6 Å². The van der Waals surface area contributed by atoms with Crippen LogP contribution >= 0.6 is 11.6 Å². The van der Waals surface area contributed by atoms with Gasteiger partial charge in [-0.15, -0.1) is 11.6 Å². The molecular weight excluding hydrogens is 250 g/mol. The van der Waals surface area contributed by atoms with Crippen molar-refractivity contribution in [2.24, 2.45) is 0 Å². The third-order valence-corrected chi connectivity index (χ3v) is 3.79. The molecule has 0 unspecified atom stereocenters. The minimum atomic E-state index is 0.0666. The Bertz CT molecular complexity index is 421. The highest BCUT2D eigenvalue weighted by Crippen LogP contribution is 2.26. The lowest BCUT2D eigenvalue weighted by molar-refractivity contribution is 0.0693. The summed E-state index contributed by atoms with van der Waals surface area (Å²) in [5.41, 5.74) is 0.685. The number of hydrogen-bond acceptors (Lipinski definition) is 2. The van der Waals surface area contributed by atoms with E-state index in [2.05, 4.69) is 0 Å². The Hall–Kier alpha value is -0.960. The zero-order valence-corrected chi connectivity index (χ0v) is 11.8. The number of hydrogen-bond donors (Lipinski definition) is 0. The molecule has 1 aromatic rings. The highest BCUT2D eigenvalue weighted by atomic mass is 35.5. The fraction of sp³-hybridized carbons (Fsp3) is 0.643. The second-order valence-corrected chi connectivity index (χ2v) is 5.33. The van der Waals surface area contributed by atoms with Gasteiger partial charge in [-0.25, -0.2) is 0 Å². The zero-order valence-electron chi connectivity index (χ0n) is 11.0. The fourth-order valence-corrected chi connectivity index (χ4v) is 2.94. The third-order valence-electron chi connectivity index (χ3n) is 3.62. The van der Waals surface area contributed by atoms with Gasteiger partial charge >= 0.3 is 0 Å². The standard InChI is InChI=1S/C14H20ClNO2/c1-10-9-13(11(2)18-10)14(17)16(8-7-15)12-5-3-4-6-12/h9,12H,3-8H2,1-2H3. The van der Waals surface area contributed by atoms with Crippen molar-refractivity contribution in [1.29, 1.82) is 0 Å². The number of aryl methyl sites for hydroxylation is 2. The lowest BCUT2D eigenvalue weighted by atomic mass is 10.1. The van der Waals surface area contributed by atoms with Crippen molar-refractivity contribution in [3.8, 4) is 0 Å². The first-order valence-electron chi connectivity index (χ1n) is 6.57. The lowest BCUT2D eigenvalue weighted by Crippen LogP contribution is -2.40. The fourth-order valence-electron chi connectivity index (χ4n) is 2.75. The molecule has 1 amide bonds. The monoisotopic (exact) mass is 269 g/mol. The molecular formula is C14H20ClNO2. The number of amides is 1. The van der Waals surface area contributed by atoms with Crippen molar-refractivity contribution < 1.29 is 9.21 Å². The van der Waals surface area contributed by atoms with Crippen molar-refractivity contribution in [2.75, 3.05) is 12.4 Å². The Labute approximate surface area is 113 Å². The quantitative estimate of drug-likeness (QED) is 0.784. The van der Waals surface area contributed by atoms with Crippen LogP contribution in [0.4, 0.5) is 0 Å². The second kappa shape index (κ2) is 5.79. The molecule has 0 saturated heterocycles. The van der Waals surface area contributed by atoms with E-state index < -0.39 is 0 Å². The summed E-state index contributed by atoms with van der Waals surface area (Å²) in [4.78, 5) is 14.5. The summed E-state index contributed by atoms with van der Waals surface area (Å²) in [6.07, 6.45) is 4.61. The molecule has 1 aliphatic carbocycles. The molecule has 0 radical (unpaired) electrons. The van der Waals surface area contributed by atoms with Crippen LogP contribution in [-0.2, 0) is 0 Å². The Morgan fingerprint density at radius 2 is 2.11 bits per heavy atom. The SMILES string of the molecule is Cc1cc(C(=O)N(CCCl)C2CCCC2)c(C)o1. The molecule has 18 heavy (non-hydrogen) atoms. The van der Waals surface area contributed by atoms with Crippen LogP contribution in [-0.4, -0.2) is 29.3 Å². The number of rotatable bonds is 4. The van der Waals surface area contributed by atoms with Gasteiger partial charge in [0, 0.05) is 18.5 Å². The predicted molar refractivity (Wildman–Crippen MR) is 72.2 cm³/mol. The molecule has 2 rings (SSSR count). The summed E-state index contributed by atoms with van der Waals surface area (Å²) in [5, 5.41) is 0. The summed E-state index contributed by atoms with van der Waals surface area (Å²) in [6.45, 7) is 4.33. The molecule has 0 spiro atoms. The van der Waals surface area contributed by atoms with Crippen LogP contribution in [0, 0.1) is 13.8 Å². The Morgan fingerprint density at radius 3 is 2.61 bits per heavy atom. The third kappa shape index (κ3) is 2.72. The van der Waals surface area contributed by atoms with Gasteiger partial charge in [0.25, 0.3) is 5.91 Å². The van der Waals surface area contributed by atoms with E-state index in [1.807, 2.05) is 24.8 Å². The van der Waals surface area contributed by atoms with Crippen LogP contribution in [0.15, 0.2) is 10.5 Å². The van der Waals surface area contributed by atoms with Crippen LogP contribution in [0.25, 0.3) is 0 Å². The van der Waals surface area contributed by atoms with Crippen molar-refractivity contribution in [3.63, 3.8) is 0 Å². The van der Waals surface area contributed by atoms with E-state index in [1.165, 1.54) is 12.8 Å². The maximum absolute atomic E-state index is 12.6. The molecule has 0 N–H and O–H groups in total. The van der Waals surface area contributed by atoms with Crippen molar-refractivity contribution >= 4 is 17.5 Å². The van der Waals surface area contributed by atoms with Gasteiger partial charge in [-0.3, -0.25) is 4.79 Å². The summed E-state index contributed by atoms with van der Waals surface area (Å²) >= 11 is 5.83. The zero-order chi connectivity index (χ0) is 13.1. The van der Waals surface area contributed by atoms with E-state index in [4.69, 9.17) is 16.0 Å². The van der Waals surface area contributed by atoms with Crippen LogP contribution < -0.4 is 0 Å². The number of alkyl halides is 1. The Kier molecular flexibility index (Phi) is 4.33. The largest absolute Gasteiger partial charge is 0.466 e. The molecule has 1 fully saturated rings. The summed E-state index contributed by atoms with van der Waals surface area (Å²) in [6, 6.07) is 2.18. The van der Waals surface area contributed by atoms with Gasteiger partial charge in [0.2, 0.25) is 0 Å². The highest BCUT2D eigenvalue weighted by molar-refractivity contribution is 6.18. The molecule has 0 aromatic carbocycles. The smallest absolute Gasteiger partial charge is 0.257 e. The number of furan rings is 1. The number of carbonyl (C=O) groups excluding carboxylic acids is 1. The first-order chi connectivity index (χ1) is 8.63. The maximum Gasteiger partial charge on any atom is 0.257 e. The van der Waals surface area contributed by atoms with E-state index in [0.29, 0.717) is 29.8 Å². The molecule has 100 valence electrons. The molecule has 1 saturated carbocycles. The van der Waals surface area contributed by atoms with Gasteiger partial charge in [-0.1, -0.05) is 12.8 Å². The Balaban J connectivity index is 2.19. The average Bonchev–Trinajstić information content (AvgIpc) is 2.95. The van der Waals surface area contributed by atoms with E-state index in [-0.39, 0.29) is 5.91 Å². The van der Waals surface area contributed by atoms with Crippen LogP contribution in [0.5, 0.6) is 0 Å². The lowest BCUT2D eigenvalue weighted by Gasteiger charge is -2.28. The van der Waals surface area contributed by atoms with Gasteiger partial charge in [0.1, 0.15) is 11.5 Å². The molecule has 4 heteroatoms. The van der Waals surface area contributed by atoms with Crippen LogP contribution in [0.3, 0.4) is 0 Å². The van der Waals surface area contributed by atoms with Crippen molar-refractivity contribution in [1.82, 2.24) is 4.90 Å². The summed E-state index contributed by atoms with van der Waals surface area (Å²) < 4.78 is 5.45. The highest BCUT2D eigenvalue weighted by Gasteiger charge is 2.28. The molecule has 1 heterocycles. The first kappa shape index (κ1) is 13.5.